The first-order valence-electron chi connectivity index (χ1n) is 8.42. The van der Waals surface area contributed by atoms with Crippen LogP contribution in [0.4, 0.5) is 4.39 Å². The van der Waals surface area contributed by atoms with Crippen molar-refractivity contribution in [2.45, 2.75) is 33.7 Å². The highest BCUT2D eigenvalue weighted by Gasteiger charge is 2.11. The summed E-state index contributed by atoms with van der Waals surface area (Å²) >= 11 is 0. The van der Waals surface area contributed by atoms with Gasteiger partial charge in [-0.25, -0.2) is 4.39 Å². The molecule has 130 valence electrons. The molecule has 0 spiro atoms. The van der Waals surface area contributed by atoms with Crippen molar-refractivity contribution in [3.63, 3.8) is 0 Å². The van der Waals surface area contributed by atoms with E-state index in [0.29, 0.717) is 16.7 Å². The number of benzene rings is 2. The minimum atomic E-state index is -0.254. The highest BCUT2D eigenvalue weighted by molar-refractivity contribution is 5.94. The molecule has 0 bridgehead atoms. The zero-order valence-electron chi connectivity index (χ0n) is 15.0. The standard InChI is InChI=1S/C22H24FNO/c1-5-7-8-18-13-19(10-9-15(18)3)22(25)24-14-20-12-17(6-2)11-16(4)21(20)23/h5,7-13H,1,6,14H2,2-4H3,(H,24,25)/b8-7-. The lowest BCUT2D eigenvalue weighted by atomic mass is 10.0. The first kappa shape index (κ1) is 18.7. The Bertz CT molecular complexity index is 821. The fraction of sp³-hybridized carbons (Fsp3) is 0.227. The van der Waals surface area contributed by atoms with Crippen LogP contribution < -0.4 is 5.32 Å². The second kappa shape index (κ2) is 8.43. The van der Waals surface area contributed by atoms with E-state index >= 15 is 0 Å². The number of nitrogens with one attached hydrogen (secondary N) is 1. The van der Waals surface area contributed by atoms with Gasteiger partial charge in [-0.05, 0) is 54.7 Å². The van der Waals surface area contributed by atoms with Gasteiger partial charge in [0.25, 0.3) is 5.91 Å². The third-order valence-electron chi connectivity index (χ3n) is 4.19. The van der Waals surface area contributed by atoms with Crippen LogP contribution in [0, 0.1) is 19.7 Å². The van der Waals surface area contributed by atoms with Crippen LogP contribution >= 0.6 is 0 Å². The highest BCUT2D eigenvalue weighted by Crippen LogP contribution is 2.17. The van der Waals surface area contributed by atoms with Gasteiger partial charge in [-0.3, -0.25) is 4.79 Å². The number of halogens is 1. The smallest absolute Gasteiger partial charge is 0.251 e. The van der Waals surface area contributed by atoms with E-state index in [1.165, 1.54) is 0 Å². The van der Waals surface area contributed by atoms with Gasteiger partial charge in [0.1, 0.15) is 5.82 Å². The molecule has 0 aromatic heterocycles. The van der Waals surface area contributed by atoms with Crippen molar-refractivity contribution in [1.82, 2.24) is 5.32 Å². The molecule has 2 rings (SSSR count). The maximum absolute atomic E-state index is 14.3. The number of hydrogen-bond donors (Lipinski definition) is 1. The van der Waals surface area contributed by atoms with E-state index in [0.717, 1.165) is 23.1 Å². The predicted octanol–water partition coefficient (Wildman–Crippen LogP) is 5.13. The first-order valence-corrected chi connectivity index (χ1v) is 8.42. The predicted molar refractivity (Wildman–Crippen MR) is 102 cm³/mol. The molecule has 0 unspecified atom stereocenters. The third-order valence-corrected chi connectivity index (χ3v) is 4.19. The third kappa shape index (κ3) is 4.66. The van der Waals surface area contributed by atoms with Crippen molar-refractivity contribution in [2.75, 3.05) is 0 Å². The molecule has 0 aliphatic carbocycles. The largest absolute Gasteiger partial charge is 0.348 e. The zero-order chi connectivity index (χ0) is 18.4. The van der Waals surface area contributed by atoms with Crippen molar-refractivity contribution >= 4 is 12.0 Å². The van der Waals surface area contributed by atoms with Gasteiger partial charge in [-0.15, -0.1) is 0 Å². The Morgan fingerprint density at radius 1 is 1.20 bits per heavy atom. The Hall–Kier alpha value is -2.68. The Balaban J connectivity index is 2.17. The molecule has 2 aromatic carbocycles. The molecule has 0 aliphatic rings. The summed E-state index contributed by atoms with van der Waals surface area (Å²) in [5.41, 5.74) is 4.78. The van der Waals surface area contributed by atoms with E-state index < -0.39 is 0 Å². The Kier molecular flexibility index (Phi) is 6.29. The summed E-state index contributed by atoms with van der Waals surface area (Å²) in [4.78, 5) is 12.4. The summed E-state index contributed by atoms with van der Waals surface area (Å²) in [5.74, 6) is -0.469. The van der Waals surface area contributed by atoms with Gasteiger partial charge in [0.05, 0.1) is 0 Å². The number of amides is 1. The normalized spacial score (nSPS) is 10.9. The van der Waals surface area contributed by atoms with E-state index in [-0.39, 0.29) is 18.3 Å². The van der Waals surface area contributed by atoms with Crippen LogP contribution in [0.2, 0.25) is 0 Å². The number of carbonyl (C=O) groups excluding carboxylic acids is 1. The van der Waals surface area contributed by atoms with Crippen LogP contribution in [0.3, 0.4) is 0 Å². The summed E-state index contributed by atoms with van der Waals surface area (Å²) < 4.78 is 14.3. The molecule has 0 atom stereocenters. The number of carbonyl (C=O) groups is 1. The summed E-state index contributed by atoms with van der Waals surface area (Å²) in [6, 6.07) is 9.17. The lowest BCUT2D eigenvalue weighted by molar-refractivity contribution is 0.0950. The van der Waals surface area contributed by atoms with Crippen LogP contribution in [0.1, 0.15) is 45.1 Å². The van der Waals surface area contributed by atoms with Gasteiger partial charge >= 0.3 is 0 Å². The minimum Gasteiger partial charge on any atom is -0.348 e. The molecule has 2 aromatic rings. The van der Waals surface area contributed by atoms with Crippen molar-refractivity contribution in [3.05, 3.63) is 88.3 Å². The van der Waals surface area contributed by atoms with Gasteiger partial charge in [0.15, 0.2) is 0 Å². The van der Waals surface area contributed by atoms with Gasteiger partial charge < -0.3 is 5.32 Å². The average molecular weight is 337 g/mol. The van der Waals surface area contributed by atoms with E-state index in [1.54, 1.807) is 19.1 Å². The molecule has 2 nitrogen and oxygen atoms in total. The molecule has 3 heteroatoms. The molecule has 0 fully saturated rings. The van der Waals surface area contributed by atoms with Crippen molar-refractivity contribution in [2.24, 2.45) is 0 Å². The maximum atomic E-state index is 14.3. The van der Waals surface area contributed by atoms with Crippen LogP contribution in [0.25, 0.3) is 6.08 Å². The number of aryl methyl sites for hydroxylation is 3. The van der Waals surface area contributed by atoms with Crippen LogP contribution in [0.5, 0.6) is 0 Å². The number of allylic oxidation sites excluding steroid dienone is 2. The topological polar surface area (TPSA) is 29.1 Å². The van der Waals surface area contributed by atoms with E-state index in [2.05, 4.69) is 11.9 Å². The van der Waals surface area contributed by atoms with Gasteiger partial charge in [-0.1, -0.05) is 49.9 Å². The number of hydrogen-bond acceptors (Lipinski definition) is 1. The fourth-order valence-electron chi connectivity index (χ4n) is 2.67. The molecular formula is C22H24FNO. The molecular weight excluding hydrogens is 313 g/mol. The highest BCUT2D eigenvalue weighted by atomic mass is 19.1. The molecule has 0 saturated heterocycles. The lowest BCUT2D eigenvalue weighted by Crippen LogP contribution is -2.23. The Labute approximate surface area is 149 Å². The molecule has 0 aliphatic heterocycles. The van der Waals surface area contributed by atoms with Gasteiger partial charge in [0, 0.05) is 17.7 Å². The molecule has 0 radical (unpaired) electrons. The van der Waals surface area contributed by atoms with E-state index in [1.807, 2.05) is 50.3 Å². The second-order valence-electron chi connectivity index (χ2n) is 6.09. The fourth-order valence-corrected chi connectivity index (χ4v) is 2.67. The summed E-state index contributed by atoms with van der Waals surface area (Å²) in [7, 11) is 0. The van der Waals surface area contributed by atoms with E-state index in [4.69, 9.17) is 0 Å². The van der Waals surface area contributed by atoms with Crippen molar-refractivity contribution < 1.29 is 9.18 Å². The maximum Gasteiger partial charge on any atom is 0.251 e. The molecule has 25 heavy (non-hydrogen) atoms. The van der Waals surface area contributed by atoms with Crippen molar-refractivity contribution in [1.29, 1.82) is 0 Å². The summed E-state index contributed by atoms with van der Waals surface area (Å²) in [6.45, 7) is 9.59. The molecule has 1 amide bonds. The lowest BCUT2D eigenvalue weighted by Gasteiger charge is -2.11. The zero-order valence-corrected chi connectivity index (χ0v) is 15.0. The summed E-state index contributed by atoms with van der Waals surface area (Å²) in [6.07, 6.45) is 6.27. The molecule has 0 saturated carbocycles. The van der Waals surface area contributed by atoms with Gasteiger partial charge in [-0.2, -0.15) is 0 Å². The monoisotopic (exact) mass is 337 g/mol. The van der Waals surface area contributed by atoms with Gasteiger partial charge in [0.2, 0.25) is 0 Å². The van der Waals surface area contributed by atoms with Crippen molar-refractivity contribution in [3.8, 4) is 0 Å². The van der Waals surface area contributed by atoms with Crippen LogP contribution in [-0.2, 0) is 13.0 Å². The SMILES string of the molecule is C=C/C=C\c1cc(C(=O)NCc2cc(CC)cc(C)c2F)ccc1C. The van der Waals surface area contributed by atoms with E-state index in [9.17, 15) is 9.18 Å². The van der Waals surface area contributed by atoms with Crippen LogP contribution in [-0.4, -0.2) is 5.91 Å². The Morgan fingerprint density at radius 3 is 2.64 bits per heavy atom. The second-order valence-corrected chi connectivity index (χ2v) is 6.09. The summed E-state index contributed by atoms with van der Waals surface area (Å²) in [5, 5.41) is 2.81. The molecule has 1 N–H and O–H groups in total. The minimum absolute atomic E-state index is 0.172. The molecule has 0 heterocycles. The quantitative estimate of drug-likeness (QED) is 0.727. The number of rotatable bonds is 6. The first-order chi connectivity index (χ1) is 12.0. The van der Waals surface area contributed by atoms with Crippen LogP contribution in [0.15, 0.2) is 49.1 Å². The average Bonchev–Trinajstić information content (AvgIpc) is 2.61. The Morgan fingerprint density at radius 2 is 1.96 bits per heavy atom.